The molecule has 0 bridgehead atoms. The van der Waals surface area contributed by atoms with Gasteiger partial charge in [-0.1, -0.05) is 59.5 Å². The van der Waals surface area contributed by atoms with E-state index in [1.165, 1.54) is 33.8 Å². The number of halogens is 2. The third kappa shape index (κ3) is 5.13. The fraction of sp³-hybridized carbons (Fsp3) is 0.286. The highest BCUT2D eigenvalue weighted by molar-refractivity contribution is 7.89. The minimum atomic E-state index is -3.71. The van der Waals surface area contributed by atoms with E-state index in [1.54, 1.807) is 12.1 Å². The van der Waals surface area contributed by atoms with E-state index in [0.717, 1.165) is 31.2 Å². The Bertz CT molecular complexity index is 1220. The van der Waals surface area contributed by atoms with Crippen LogP contribution in [0.25, 0.3) is 10.6 Å². The first-order chi connectivity index (χ1) is 15.3. The van der Waals surface area contributed by atoms with Crippen molar-refractivity contribution >= 4 is 55.6 Å². The second kappa shape index (κ2) is 9.84. The highest BCUT2D eigenvalue weighted by Gasteiger charge is 2.27. The van der Waals surface area contributed by atoms with Crippen molar-refractivity contribution < 1.29 is 13.2 Å². The second-order valence-electron chi connectivity index (χ2n) is 7.33. The molecule has 32 heavy (non-hydrogen) atoms. The molecule has 1 aromatic heterocycles. The standard InChI is InChI=1S/C21H20Cl2N4O3S2/c22-15-7-5-14(6-8-15)20-25-26-21(31-20)24-19(28)17-13-16(9-10-18(17)23)32(29,30)27-11-3-1-2-4-12-27/h5-10,13H,1-4,11-12H2,(H,24,26,28). The maximum atomic E-state index is 13.1. The largest absolute Gasteiger partial charge is 0.296 e. The van der Waals surface area contributed by atoms with Crippen LogP contribution in [0.2, 0.25) is 10.0 Å². The van der Waals surface area contributed by atoms with Crippen molar-refractivity contribution in [3.05, 3.63) is 58.1 Å². The Kier molecular flexibility index (Phi) is 7.11. The second-order valence-corrected chi connectivity index (χ2v) is 11.1. The number of amides is 1. The molecule has 168 valence electrons. The zero-order valence-corrected chi connectivity index (χ0v) is 20.1. The fourth-order valence-corrected chi connectivity index (χ4v) is 6.03. The van der Waals surface area contributed by atoms with E-state index >= 15 is 0 Å². The molecule has 0 spiro atoms. The van der Waals surface area contributed by atoms with Crippen LogP contribution in [0.5, 0.6) is 0 Å². The Balaban J connectivity index is 1.55. The summed E-state index contributed by atoms with van der Waals surface area (Å²) in [4.78, 5) is 12.9. The summed E-state index contributed by atoms with van der Waals surface area (Å²) in [5.74, 6) is -0.554. The number of hydrogen-bond acceptors (Lipinski definition) is 6. The van der Waals surface area contributed by atoms with Gasteiger partial charge < -0.3 is 0 Å². The summed E-state index contributed by atoms with van der Waals surface area (Å²) in [6, 6.07) is 11.3. The van der Waals surface area contributed by atoms with Gasteiger partial charge in [0.2, 0.25) is 15.2 Å². The summed E-state index contributed by atoms with van der Waals surface area (Å²) in [7, 11) is -3.71. The van der Waals surface area contributed by atoms with Crippen LogP contribution in [0.15, 0.2) is 47.4 Å². The molecule has 11 heteroatoms. The number of anilines is 1. The van der Waals surface area contributed by atoms with Crippen molar-refractivity contribution in [2.24, 2.45) is 0 Å². The zero-order chi connectivity index (χ0) is 22.7. The molecule has 0 radical (unpaired) electrons. The van der Waals surface area contributed by atoms with Crippen LogP contribution in [0.3, 0.4) is 0 Å². The Morgan fingerprint density at radius 3 is 2.34 bits per heavy atom. The Morgan fingerprint density at radius 1 is 0.969 bits per heavy atom. The molecule has 2 aromatic carbocycles. The summed E-state index contributed by atoms with van der Waals surface area (Å²) in [6.07, 6.45) is 3.68. The molecular weight excluding hydrogens is 491 g/mol. The molecule has 0 saturated carbocycles. The molecule has 1 aliphatic rings. The van der Waals surface area contributed by atoms with Crippen molar-refractivity contribution in [3.63, 3.8) is 0 Å². The van der Waals surface area contributed by atoms with Gasteiger partial charge in [-0.2, -0.15) is 4.31 Å². The van der Waals surface area contributed by atoms with Gasteiger partial charge in [0.25, 0.3) is 5.91 Å². The lowest BCUT2D eigenvalue weighted by Crippen LogP contribution is -2.32. The summed E-state index contributed by atoms with van der Waals surface area (Å²) in [6.45, 7) is 0.954. The molecule has 3 aromatic rings. The van der Waals surface area contributed by atoms with Gasteiger partial charge in [-0.15, -0.1) is 10.2 Å². The van der Waals surface area contributed by atoms with Crippen molar-refractivity contribution in [2.45, 2.75) is 30.6 Å². The lowest BCUT2D eigenvalue weighted by molar-refractivity contribution is 0.102. The molecule has 1 saturated heterocycles. The maximum Gasteiger partial charge on any atom is 0.259 e. The summed E-state index contributed by atoms with van der Waals surface area (Å²) in [5.41, 5.74) is 0.877. The smallest absolute Gasteiger partial charge is 0.259 e. The third-order valence-electron chi connectivity index (χ3n) is 5.12. The predicted octanol–water partition coefficient (Wildman–Crippen LogP) is 5.33. The van der Waals surface area contributed by atoms with Gasteiger partial charge in [0.1, 0.15) is 5.01 Å². The Hall–Kier alpha value is -2.04. The van der Waals surface area contributed by atoms with Crippen LogP contribution in [0, 0.1) is 0 Å². The van der Waals surface area contributed by atoms with Crippen LogP contribution in [-0.4, -0.2) is 41.9 Å². The van der Waals surface area contributed by atoms with Gasteiger partial charge in [0.15, 0.2) is 0 Å². The lowest BCUT2D eigenvalue weighted by Gasteiger charge is -2.20. The fourth-order valence-electron chi connectivity index (χ4n) is 3.42. The lowest BCUT2D eigenvalue weighted by atomic mass is 10.2. The van der Waals surface area contributed by atoms with E-state index in [1.807, 2.05) is 12.1 Å². The Morgan fingerprint density at radius 2 is 1.66 bits per heavy atom. The number of nitrogens with one attached hydrogen (secondary N) is 1. The molecule has 1 N–H and O–H groups in total. The maximum absolute atomic E-state index is 13.1. The van der Waals surface area contributed by atoms with Gasteiger partial charge in [0.05, 0.1) is 15.5 Å². The quantitative estimate of drug-likeness (QED) is 0.500. The molecule has 1 aliphatic heterocycles. The van der Waals surface area contributed by atoms with E-state index in [9.17, 15) is 13.2 Å². The first kappa shape index (κ1) is 23.1. The number of carbonyl (C=O) groups is 1. The van der Waals surface area contributed by atoms with Gasteiger partial charge in [-0.3, -0.25) is 10.1 Å². The monoisotopic (exact) mass is 510 g/mol. The average Bonchev–Trinajstić information content (AvgIpc) is 3.05. The van der Waals surface area contributed by atoms with E-state index in [4.69, 9.17) is 23.2 Å². The van der Waals surface area contributed by atoms with Gasteiger partial charge in [-0.25, -0.2) is 8.42 Å². The number of nitrogens with zero attached hydrogens (tertiary/aromatic N) is 3. The molecule has 0 atom stereocenters. The number of rotatable bonds is 5. The van der Waals surface area contributed by atoms with Gasteiger partial charge in [-0.05, 0) is 43.2 Å². The van der Waals surface area contributed by atoms with Crippen LogP contribution in [-0.2, 0) is 10.0 Å². The molecule has 7 nitrogen and oxygen atoms in total. The minimum Gasteiger partial charge on any atom is -0.296 e. The molecule has 1 fully saturated rings. The van der Waals surface area contributed by atoms with Crippen LogP contribution >= 0.6 is 34.5 Å². The summed E-state index contributed by atoms with van der Waals surface area (Å²) >= 11 is 13.3. The van der Waals surface area contributed by atoms with Crippen LogP contribution in [0.1, 0.15) is 36.0 Å². The van der Waals surface area contributed by atoms with Crippen molar-refractivity contribution in [3.8, 4) is 10.6 Å². The van der Waals surface area contributed by atoms with E-state index in [-0.39, 0.29) is 20.6 Å². The molecule has 2 heterocycles. The number of sulfonamides is 1. The van der Waals surface area contributed by atoms with Gasteiger partial charge >= 0.3 is 0 Å². The van der Waals surface area contributed by atoms with E-state index < -0.39 is 15.9 Å². The van der Waals surface area contributed by atoms with Crippen molar-refractivity contribution in [2.75, 3.05) is 18.4 Å². The number of benzene rings is 2. The Labute approximate surface area is 200 Å². The van der Waals surface area contributed by atoms with Crippen molar-refractivity contribution in [1.82, 2.24) is 14.5 Å². The van der Waals surface area contributed by atoms with Crippen LogP contribution in [0.4, 0.5) is 5.13 Å². The number of aromatic nitrogens is 2. The molecule has 1 amide bonds. The predicted molar refractivity (Wildman–Crippen MR) is 127 cm³/mol. The first-order valence-corrected chi connectivity index (χ1v) is 13.1. The summed E-state index contributed by atoms with van der Waals surface area (Å²) in [5, 5.41) is 12.4. The van der Waals surface area contributed by atoms with Crippen LogP contribution < -0.4 is 5.32 Å². The van der Waals surface area contributed by atoms with Crippen molar-refractivity contribution in [1.29, 1.82) is 0 Å². The molecular formula is C21H20Cl2N4O3S2. The average molecular weight is 511 g/mol. The third-order valence-corrected chi connectivity index (χ3v) is 8.49. The zero-order valence-electron chi connectivity index (χ0n) is 16.9. The highest BCUT2D eigenvalue weighted by atomic mass is 35.5. The highest BCUT2D eigenvalue weighted by Crippen LogP contribution is 2.29. The molecule has 4 rings (SSSR count). The SMILES string of the molecule is O=C(Nc1nnc(-c2ccc(Cl)cc2)s1)c1cc(S(=O)(=O)N2CCCCCC2)ccc1Cl. The normalized spacial score (nSPS) is 15.3. The first-order valence-electron chi connectivity index (χ1n) is 10.0. The number of carbonyl (C=O) groups excluding carboxylic acids is 1. The molecule has 0 unspecified atom stereocenters. The van der Waals surface area contributed by atoms with E-state index in [2.05, 4.69) is 15.5 Å². The topological polar surface area (TPSA) is 92.3 Å². The number of hydrogen-bond donors (Lipinski definition) is 1. The minimum absolute atomic E-state index is 0.0491. The van der Waals surface area contributed by atoms with Gasteiger partial charge in [0, 0.05) is 23.7 Å². The molecule has 0 aliphatic carbocycles. The van der Waals surface area contributed by atoms with E-state index in [0.29, 0.717) is 23.1 Å². The summed E-state index contributed by atoms with van der Waals surface area (Å²) < 4.78 is 27.7.